The van der Waals surface area contributed by atoms with E-state index in [2.05, 4.69) is 45.4 Å². The van der Waals surface area contributed by atoms with E-state index < -0.39 is 0 Å². The summed E-state index contributed by atoms with van der Waals surface area (Å²) in [5.41, 5.74) is 0. The largest absolute Gasteiger partial charge is 0.298 e. The van der Waals surface area contributed by atoms with Crippen LogP contribution in [-0.2, 0) is 4.79 Å². The normalized spacial score (nSPS) is 41.9. The summed E-state index contributed by atoms with van der Waals surface area (Å²) in [4.78, 5) is 11.1. The summed E-state index contributed by atoms with van der Waals surface area (Å²) in [5.74, 6) is 0.370. The van der Waals surface area contributed by atoms with Crippen molar-refractivity contribution in [3.05, 3.63) is 0 Å². The summed E-state index contributed by atoms with van der Waals surface area (Å²) in [6.45, 7) is 2.20. The second-order valence-corrected chi connectivity index (χ2v) is 6.76. The van der Waals surface area contributed by atoms with E-state index in [1.807, 2.05) is 0 Å². The summed E-state index contributed by atoms with van der Waals surface area (Å²) < 4.78 is 0.333. The van der Waals surface area contributed by atoms with Crippen molar-refractivity contribution in [2.24, 2.45) is 0 Å². The lowest BCUT2D eigenvalue weighted by Crippen LogP contribution is -2.32. The smallest absolute Gasteiger partial charge is 0.146 e. The van der Waals surface area contributed by atoms with Crippen LogP contribution in [0.2, 0.25) is 0 Å². The van der Waals surface area contributed by atoms with Crippen molar-refractivity contribution in [1.82, 2.24) is 0 Å². The molecule has 2 unspecified atom stereocenters. The highest BCUT2D eigenvalue weighted by atomic mass is 127. The van der Waals surface area contributed by atoms with E-state index in [0.29, 0.717) is 9.20 Å². The zero-order chi connectivity index (χ0) is 7.78. The van der Waals surface area contributed by atoms with Gasteiger partial charge in [0, 0.05) is 9.84 Å². The van der Waals surface area contributed by atoms with Crippen LogP contribution >= 0.6 is 38.5 Å². The minimum absolute atomic E-state index is 0.114. The molecule has 0 radical (unpaired) electrons. The van der Waals surface area contributed by atoms with Crippen LogP contribution in [0.15, 0.2) is 0 Å². The molecule has 0 aromatic carbocycles. The van der Waals surface area contributed by atoms with Crippen molar-refractivity contribution >= 4 is 44.3 Å². The van der Waals surface area contributed by atoms with Gasteiger partial charge in [0.05, 0.1) is 4.83 Å². The molecule has 2 atom stereocenters. The number of ketones is 1. The fraction of sp³-hybridized carbons (Fsp3) is 0.857. The predicted octanol–water partition coefficient (Wildman–Crippen LogP) is 2.70. The zero-order valence-corrected chi connectivity index (χ0v) is 9.61. The maximum Gasteiger partial charge on any atom is 0.146 e. The predicted molar refractivity (Wildman–Crippen MR) is 54.0 cm³/mol. The van der Waals surface area contributed by atoms with Gasteiger partial charge in [-0.3, -0.25) is 4.79 Å². The molecule has 1 saturated carbocycles. The maximum absolute atomic E-state index is 11.0. The average molecular weight is 317 g/mol. The van der Waals surface area contributed by atoms with Gasteiger partial charge in [-0.25, -0.2) is 0 Å². The second kappa shape index (κ2) is 3.09. The Hall–Kier alpha value is 0.880. The van der Waals surface area contributed by atoms with Crippen molar-refractivity contribution in [2.45, 2.75) is 34.4 Å². The molecule has 0 N–H and O–H groups in total. The molecule has 1 nitrogen and oxygen atoms in total. The molecule has 1 aliphatic rings. The molecule has 0 aliphatic heterocycles. The van der Waals surface area contributed by atoms with Gasteiger partial charge in [0.25, 0.3) is 0 Å². The molecule has 0 saturated heterocycles. The first-order valence-corrected chi connectivity index (χ1v) is 5.36. The molecule has 0 aromatic heterocycles. The van der Waals surface area contributed by atoms with Crippen molar-refractivity contribution in [3.8, 4) is 0 Å². The molecule has 0 bridgehead atoms. The summed E-state index contributed by atoms with van der Waals surface area (Å²) in [5, 5.41) is 0. The molecule has 0 amide bonds. The fourth-order valence-corrected chi connectivity index (χ4v) is 3.39. The lowest BCUT2D eigenvalue weighted by molar-refractivity contribution is -0.119. The Bertz CT molecular complexity index is 156. The first-order chi connectivity index (χ1) is 4.51. The van der Waals surface area contributed by atoms with E-state index in [-0.39, 0.29) is 4.83 Å². The molecule has 1 aliphatic carbocycles. The highest BCUT2D eigenvalue weighted by Gasteiger charge is 2.33. The number of hydrogen-bond acceptors (Lipinski definition) is 1. The first-order valence-electron chi connectivity index (χ1n) is 3.37. The molecular weight excluding hydrogens is 307 g/mol. The number of carbonyl (C=O) groups excluding carboxylic acids is 1. The molecule has 0 aromatic rings. The van der Waals surface area contributed by atoms with E-state index in [4.69, 9.17) is 0 Å². The minimum Gasteiger partial charge on any atom is -0.298 e. The van der Waals surface area contributed by atoms with Crippen LogP contribution in [0, 0.1) is 0 Å². The van der Waals surface area contributed by atoms with Crippen molar-refractivity contribution < 1.29 is 4.79 Å². The Morgan fingerprint density at radius 1 is 1.80 bits per heavy atom. The van der Waals surface area contributed by atoms with E-state index in [9.17, 15) is 4.79 Å². The minimum atomic E-state index is 0.114. The molecular formula is C7H10BrIO. The van der Waals surface area contributed by atoms with Gasteiger partial charge in [-0.1, -0.05) is 45.4 Å². The Labute approximate surface area is 83.2 Å². The van der Waals surface area contributed by atoms with Crippen molar-refractivity contribution in [1.29, 1.82) is 0 Å². The number of halogens is 2. The van der Waals surface area contributed by atoms with Gasteiger partial charge in [0.2, 0.25) is 0 Å². The van der Waals surface area contributed by atoms with Gasteiger partial charge in [0.15, 0.2) is 0 Å². The Morgan fingerprint density at radius 2 is 2.40 bits per heavy atom. The summed E-state index contributed by atoms with van der Waals surface area (Å²) in [7, 11) is 0. The number of alkyl halides is 2. The molecule has 1 fully saturated rings. The third-order valence-corrected chi connectivity index (χ3v) is 3.66. The second-order valence-electron chi connectivity index (χ2n) is 3.05. The quantitative estimate of drug-likeness (QED) is 0.496. The fourth-order valence-electron chi connectivity index (χ4n) is 1.13. The van der Waals surface area contributed by atoms with Crippen LogP contribution < -0.4 is 0 Å². The SMILES string of the molecule is CC1(I)CCC(=O)C(Br)C1. The average Bonchev–Trinajstić information content (AvgIpc) is 1.79. The van der Waals surface area contributed by atoms with Crippen LogP contribution in [-0.4, -0.2) is 14.0 Å². The summed E-state index contributed by atoms with van der Waals surface area (Å²) >= 11 is 5.81. The van der Waals surface area contributed by atoms with Crippen molar-refractivity contribution in [3.63, 3.8) is 0 Å². The number of rotatable bonds is 0. The molecule has 3 heteroatoms. The van der Waals surface area contributed by atoms with Gasteiger partial charge in [-0.15, -0.1) is 0 Å². The third kappa shape index (κ3) is 2.19. The van der Waals surface area contributed by atoms with E-state index >= 15 is 0 Å². The molecule has 1 rings (SSSR count). The van der Waals surface area contributed by atoms with Gasteiger partial charge >= 0.3 is 0 Å². The first kappa shape index (κ1) is 8.97. The van der Waals surface area contributed by atoms with Gasteiger partial charge < -0.3 is 0 Å². The topological polar surface area (TPSA) is 17.1 Å². The van der Waals surface area contributed by atoms with Crippen LogP contribution in [0.4, 0.5) is 0 Å². The summed E-state index contributed by atoms with van der Waals surface area (Å²) in [6, 6.07) is 0. The standard InChI is InChI=1S/C7H10BrIO/c1-7(9)3-2-6(10)5(8)4-7/h5H,2-4H2,1H3. The van der Waals surface area contributed by atoms with E-state index in [0.717, 1.165) is 19.3 Å². The highest BCUT2D eigenvalue weighted by molar-refractivity contribution is 14.1. The van der Waals surface area contributed by atoms with Crippen LogP contribution in [0.5, 0.6) is 0 Å². The number of hydrogen-bond donors (Lipinski definition) is 0. The van der Waals surface area contributed by atoms with Crippen molar-refractivity contribution in [2.75, 3.05) is 0 Å². The Morgan fingerprint density at radius 3 is 2.80 bits per heavy atom. The molecule has 0 heterocycles. The lowest BCUT2D eigenvalue weighted by atomic mass is 9.90. The van der Waals surface area contributed by atoms with Gasteiger partial charge in [-0.2, -0.15) is 0 Å². The maximum atomic E-state index is 11.0. The number of Topliss-reactive ketones (excluding diaryl/α,β-unsaturated/α-hetero) is 1. The van der Waals surface area contributed by atoms with Crippen LogP contribution in [0.3, 0.4) is 0 Å². The highest BCUT2D eigenvalue weighted by Crippen LogP contribution is 2.36. The number of carbonyl (C=O) groups is 1. The zero-order valence-electron chi connectivity index (χ0n) is 5.86. The molecule has 10 heavy (non-hydrogen) atoms. The van der Waals surface area contributed by atoms with Crippen LogP contribution in [0.1, 0.15) is 26.2 Å². The van der Waals surface area contributed by atoms with E-state index in [1.54, 1.807) is 0 Å². The summed E-state index contributed by atoms with van der Waals surface area (Å²) in [6.07, 6.45) is 2.76. The van der Waals surface area contributed by atoms with Gasteiger partial charge in [-0.05, 0) is 12.8 Å². The molecule has 58 valence electrons. The van der Waals surface area contributed by atoms with E-state index in [1.165, 1.54) is 0 Å². The lowest BCUT2D eigenvalue weighted by Gasteiger charge is -2.29. The Kier molecular flexibility index (Phi) is 2.77. The van der Waals surface area contributed by atoms with Crippen LogP contribution in [0.25, 0.3) is 0 Å². The van der Waals surface area contributed by atoms with Gasteiger partial charge in [0.1, 0.15) is 5.78 Å². The Balaban J connectivity index is 2.57. The monoisotopic (exact) mass is 316 g/mol. The third-order valence-electron chi connectivity index (χ3n) is 1.85. The molecule has 0 spiro atoms.